The fraction of sp³-hybridized carbons (Fsp3) is 0.889. The van der Waals surface area contributed by atoms with Crippen molar-refractivity contribution in [3.8, 4) is 0 Å². The molecule has 0 spiro atoms. The predicted octanol–water partition coefficient (Wildman–Crippen LogP) is -1.51. The highest BCUT2D eigenvalue weighted by molar-refractivity contribution is 5.76. The van der Waals surface area contributed by atoms with Crippen LogP contribution in [0.1, 0.15) is 39.0 Å². The number of likely N-dealkylation sites (tertiary alicyclic amines) is 1. The van der Waals surface area contributed by atoms with E-state index in [0.29, 0.717) is 45.2 Å². The van der Waals surface area contributed by atoms with Gasteiger partial charge in [-0.25, -0.2) is 0 Å². The number of ether oxygens (including phenoxy) is 3. The molecule has 2 heterocycles. The molecule has 0 saturated carbocycles. The normalized spacial score (nSPS) is 31.6. The van der Waals surface area contributed by atoms with E-state index < -0.39 is 36.6 Å². The standard InChI is InChI=1S/C18H32N2O8/c1-11(21)27-10-13-16(24)17(25)15(19)18(28-13)26-9-3-2-4-14(23)20-7-5-12(22)6-8-20/h12-13,15-18,22,24-25H,2-10,19H2,1H3/t13?,15?,16-,17?,18+/m0/s1. The number of carbonyl (C=O) groups is 2. The minimum atomic E-state index is -1.28. The molecule has 2 aliphatic heterocycles. The van der Waals surface area contributed by atoms with Gasteiger partial charge in [0.1, 0.15) is 24.9 Å². The second-order valence-corrected chi connectivity index (χ2v) is 7.34. The van der Waals surface area contributed by atoms with E-state index in [4.69, 9.17) is 19.9 Å². The molecule has 5 N–H and O–H groups in total. The van der Waals surface area contributed by atoms with Crippen LogP contribution < -0.4 is 5.73 Å². The Hall–Kier alpha value is -1.30. The van der Waals surface area contributed by atoms with Crippen LogP contribution >= 0.6 is 0 Å². The van der Waals surface area contributed by atoms with Gasteiger partial charge in [-0.15, -0.1) is 0 Å². The second kappa shape index (κ2) is 11.0. The summed E-state index contributed by atoms with van der Waals surface area (Å²) in [5, 5.41) is 29.5. The van der Waals surface area contributed by atoms with Gasteiger partial charge in [-0.05, 0) is 25.7 Å². The van der Waals surface area contributed by atoms with Gasteiger partial charge in [0, 0.05) is 33.0 Å². The van der Waals surface area contributed by atoms with E-state index in [9.17, 15) is 24.9 Å². The number of hydrogen-bond donors (Lipinski definition) is 4. The second-order valence-electron chi connectivity index (χ2n) is 7.34. The number of rotatable bonds is 8. The number of amides is 1. The molecule has 0 aromatic carbocycles. The number of unbranched alkanes of at least 4 members (excludes halogenated alkanes) is 1. The summed E-state index contributed by atoms with van der Waals surface area (Å²) in [7, 11) is 0. The zero-order valence-electron chi connectivity index (χ0n) is 16.2. The zero-order chi connectivity index (χ0) is 20.7. The summed E-state index contributed by atoms with van der Waals surface area (Å²) in [5.74, 6) is -0.456. The van der Waals surface area contributed by atoms with Crippen molar-refractivity contribution in [2.45, 2.75) is 75.8 Å². The van der Waals surface area contributed by atoms with Crippen molar-refractivity contribution in [1.82, 2.24) is 4.90 Å². The Bertz CT molecular complexity index is 512. The Morgan fingerprint density at radius 2 is 1.82 bits per heavy atom. The molecule has 162 valence electrons. The number of nitrogens with zero attached hydrogens (tertiary/aromatic N) is 1. The maximum Gasteiger partial charge on any atom is 0.302 e. The van der Waals surface area contributed by atoms with Crippen molar-refractivity contribution in [2.24, 2.45) is 5.73 Å². The fourth-order valence-electron chi connectivity index (χ4n) is 3.29. The van der Waals surface area contributed by atoms with E-state index in [-0.39, 0.29) is 25.2 Å². The summed E-state index contributed by atoms with van der Waals surface area (Å²) in [5.41, 5.74) is 5.85. The van der Waals surface area contributed by atoms with Crippen LogP contribution in [0.15, 0.2) is 0 Å². The molecule has 2 saturated heterocycles. The van der Waals surface area contributed by atoms with Crippen LogP contribution in [-0.2, 0) is 23.8 Å². The lowest BCUT2D eigenvalue weighted by Gasteiger charge is -2.40. The van der Waals surface area contributed by atoms with Crippen LogP contribution in [0.3, 0.4) is 0 Å². The van der Waals surface area contributed by atoms with Gasteiger partial charge in [-0.3, -0.25) is 9.59 Å². The molecule has 2 fully saturated rings. The third-order valence-corrected chi connectivity index (χ3v) is 5.08. The number of carbonyl (C=O) groups excluding carboxylic acids is 2. The lowest BCUT2D eigenvalue weighted by atomic mass is 9.98. The number of hydrogen-bond acceptors (Lipinski definition) is 9. The third kappa shape index (κ3) is 6.64. The summed E-state index contributed by atoms with van der Waals surface area (Å²) in [6.45, 7) is 2.47. The molecule has 10 heteroatoms. The van der Waals surface area contributed by atoms with Gasteiger partial charge in [0.25, 0.3) is 0 Å². The van der Waals surface area contributed by atoms with Crippen molar-refractivity contribution >= 4 is 11.9 Å². The molecule has 2 aliphatic rings. The Labute approximate surface area is 164 Å². The Morgan fingerprint density at radius 1 is 1.14 bits per heavy atom. The lowest BCUT2D eigenvalue weighted by Crippen LogP contribution is -2.62. The van der Waals surface area contributed by atoms with E-state index in [2.05, 4.69) is 0 Å². The van der Waals surface area contributed by atoms with Gasteiger partial charge in [0.05, 0.1) is 12.1 Å². The minimum Gasteiger partial charge on any atom is -0.463 e. The van der Waals surface area contributed by atoms with Crippen molar-refractivity contribution < 1.29 is 39.1 Å². The van der Waals surface area contributed by atoms with Gasteiger partial charge in [-0.1, -0.05) is 0 Å². The monoisotopic (exact) mass is 404 g/mol. The maximum atomic E-state index is 12.1. The summed E-state index contributed by atoms with van der Waals surface area (Å²) in [4.78, 5) is 24.8. The number of nitrogens with two attached hydrogens (primary N) is 1. The molecular weight excluding hydrogens is 372 g/mol. The molecule has 2 rings (SSSR count). The fourth-order valence-corrected chi connectivity index (χ4v) is 3.29. The van der Waals surface area contributed by atoms with Crippen LogP contribution in [0.4, 0.5) is 0 Å². The minimum absolute atomic E-state index is 0.0671. The molecule has 0 aromatic heterocycles. The highest BCUT2D eigenvalue weighted by Crippen LogP contribution is 2.21. The van der Waals surface area contributed by atoms with E-state index in [1.54, 1.807) is 4.90 Å². The van der Waals surface area contributed by atoms with E-state index in [1.165, 1.54) is 6.92 Å². The Morgan fingerprint density at radius 3 is 2.46 bits per heavy atom. The molecule has 28 heavy (non-hydrogen) atoms. The topological polar surface area (TPSA) is 152 Å². The van der Waals surface area contributed by atoms with Gasteiger partial charge < -0.3 is 40.2 Å². The molecule has 10 nitrogen and oxygen atoms in total. The average Bonchev–Trinajstić information content (AvgIpc) is 2.66. The zero-order valence-corrected chi connectivity index (χ0v) is 16.2. The van der Waals surface area contributed by atoms with Gasteiger partial charge in [0.2, 0.25) is 5.91 Å². The molecule has 5 atom stereocenters. The molecule has 0 aliphatic carbocycles. The Balaban J connectivity index is 1.67. The number of aliphatic hydroxyl groups excluding tert-OH is 3. The predicted molar refractivity (Wildman–Crippen MR) is 96.9 cm³/mol. The van der Waals surface area contributed by atoms with Gasteiger partial charge in [0.15, 0.2) is 6.29 Å². The molecule has 0 radical (unpaired) electrons. The van der Waals surface area contributed by atoms with Crippen LogP contribution in [0.25, 0.3) is 0 Å². The smallest absolute Gasteiger partial charge is 0.302 e. The molecule has 0 aromatic rings. The molecule has 1 amide bonds. The largest absolute Gasteiger partial charge is 0.463 e. The van der Waals surface area contributed by atoms with Crippen LogP contribution in [0.2, 0.25) is 0 Å². The van der Waals surface area contributed by atoms with Crippen molar-refractivity contribution in [3.63, 3.8) is 0 Å². The highest BCUT2D eigenvalue weighted by atomic mass is 16.7. The summed E-state index contributed by atoms with van der Waals surface area (Å²) in [6.07, 6.45) is -1.88. The first-order valence-electron chi connectivity index (χ1n) is 9.77. The molecule has 0 bridgehead atoms. The van der Waals surface area contributed by atoms with Crippen molar-refractivity contribution in [3.05, 3.63) is 0 Å². The first kappa shape index (κ1) is 23.0. The van der Waals surface area contributed by atoms with Crippen LogP contribution in [0, 0.1) is 0 Å². The summed E-state index contributed by atoms with van der Waals surface area (Å²) < 4.78 is 15.9. The SMILES string of the molecule is CC(=O)OCC1O[C@@H](OCCCCC(=O)N2CCC(O)CC2)C(N)C(O)[C@H]1O. The van der Waals surface area contributed by atoms with E-state index in [1.807, 2.05) is 0 Å². The highest BCUT2D eigenvalue weighted by Gasteiger charge is 2.43. The first-order valence-corrected chi connectivity index (χ1v) is 9.77. The Kier molecular flexibility index (Phi) is 9.06. The lowest BCUT2D eigenvalue weighted by molar-refractivity contribution is -0.267. The molecule has 3 unspecified atom stereocenters. The number of aliphatic hydroxyl groups is 3. The summed E-state index contributed by atoms with van der Waals surface area (Å²) in [6, 6.07) is -0.940. The van der Waals surface area contributed by atoms with E-state index >= 15 is 0 Å². The number of esters is 1. The average molecular weight is 404 g/mol. The van der Waals surface area contributed by atoms with Gasteiger partial charge >= 0.3 is 5.97 Å². The van der Waals surface area contributed by atoms with Crippen molar-refractivity contribution in [1.29, 1.82) is 0 Å². The maximum absolute atomic E-state index is 12.1. The van der Waals surface area contributed by atoms with E-state index in [0.717, 1.165) is 0 Å². The first-order chi connectivity index (χ1) is 13.3. The number of piperidine rings is 1. The molecular formula is C18H32N2O8. The van der Waals surface area contributed by atoms with Gasteiger partial charge in [-0.2, -0.15) is 0 Å². The van der Waals surface area contributed by atoms with Crippen LogP contribution in [-0.4, -0.2) is 95.1 Å². The van der Waals surface area contributed by atoms with Crippen molar-refractivity contribution in [2.75, 3.05) is 26.3 Å². The quantitative estimate of drug-likeness (QED) is 0.279. The third-order valence-electron chi connectivity index (χ3n) is 5.08. The van der Waals surface area contributed by atoms with Crippen LogP contribution in [0.5, 0.6) is 0 Å². The summed E-state index contributed by atoms with van der Waals surface area (Å²) >= 11 is 0.